The van der Waals surface area contributed by atoms with Crippen molar-refractivity contribution in [3.05, 3.63) is 126 Å². The molecule has 3 heteroatoms. The van der Waals surface area contributed by atoms with Crippen molar-refractivity contribution >= 4 is 22.8 Å². The fourth-order valence-corrected chi connectivity index (χ4v) is 3.99. The monoisotopic (exact) mass is 421 g/mol. The highest BCUT2D eigenvalue weighted by Crippen LogP contribution is 2.34. The van der Waals surface area contributed by atoms with Gasteiger partial charge in [-0.3, -0.25) is 4.79 Å². The zero-order valence-corrected chi connectivity index (χ0v) is 18.2. The Morgan fingerprint density at radius 1 is 0.719 bits per heavy atom. The summed E-state index contributed by atoms with van der Waals surface area (Å²) in [5.41, 5.74) is 5.65. The zero-order valence-electron chi connectivity index (χ0n) is 18.2. The molecule has 0 amide bonds. The molecule has 1 unspecified atom stereocenters. The van der Waals surface area contributed by atoms with E-state index in [2.05, 4.69) is 53.4 Å². The van der Waals surface area contributed by atoms with E-state index in [1.165, 1.54) is 0 Å². The van der Waals surface area contributed by atoms with Crippen molar-refractivity contribution in [2.75, 3.05) is 4.90 Å². The van der Waals surface area contributed by atoms with Gasteiger partial charge in [-0.1, -0.05) is 79.7 Å². The van der Waals surface area contributed by atoms with Crippen LogP contribution in [-0.4, -0.2) is 10.9 Å². The number of carbonyl (C=O) groups excluding carboxylic acids is 1. The fourth-order valence-electron chi connectivity index (χ4n) is 3.99. The Morgan fingerprint density at radius 3 is 1.78 bits per heavy atom. The number of anilines is 3. The molecular weight excluding hydrogens is 394 g/mol. The third-order valence-electron chi connectivity index (χ3n) is 5.67. The Balaban J connectivity index is 1.56. The second kappa shape index (κ2) is 10.1. The molecule has 0 heterocycles. The van der Waals surface area contributed by atoms with Crippen molar-refractivity contribution in [3.63, 3.8) is 0 Å². The highest BCUT2D eigenvalue weighted by molar-refractivity contribution is 5.99. The van der Waals surface area contributed by atoms with Crippen LogP contribution in [0.1, 0.15) is 28.4 Å². The molecule has 0 aromatic heterocycles. The molecule has 1 N–H and O–H groups in total. The van der Waals surface area contributed by atoms with Crippen LogP contribution in [0.15, 0.2) is 109 Å². The Bertz CT molecular complexity index is 1120. The minimum Gasteiger partial charge on any atom is -0.392 e. The lowest BCUT2D eigenvalue weighted by molar-refractivity contribution is 0.0926. The minimum absolute atomic E-state index is 0.0638. The first-order valence-corrected chi connectivity index (χ1v) is 10.9. The molecule has 4 rings (SSSR count). The van der Waals surface area contributed by atoms with Crippen LogP contribution in [0.25, 0.3) is 0 Å². The van der Waals surface area contributed by atoms with Crippen molar-refractivity contribution < 1.29 is 9.90 Å². The van der Waals surface area contributed by atoms with Crippen LogP contribution in [0.5, 0.6) is 0 Å². The number of hydrogen-bond acceptors (Lipinski definition) is 3. The second-order valence-electron chi connectivity index (χ2n) is 7.96. The van der Waals surface area contributed by atoms with Gasteiger partial charge in [0.2, 0.25) is 0 Å². The van der Waals surface area contributed by atoms with Crippen LogP contribution in [0.3, 0.4) is 0 Å². The van der Waals surface area contributed by atoms with E-state index in [9.17, 15) is 9.90 Å². The lowest BCUT2D eigenvalue weighted by atomic mass is 9.90. The topological polar surface area (TPSA) is 40.5 Å². The summed E-state index contributed by atoms with van der Waals surface area (Å²) in [6.45, 7) is 1.82. The van der Waals surface area contributed by atoms with Gasteiger partial charge >= 0.3 is 0 Å². The Morgan fingerprint density at radius 2 is 1.22 bits per heavy atom. The average Bonchev–Trinajstić information content (AvgIpc) is 2.86. The van der Waals surface area contributed by atoms with Gasteiger partial charge in [-0.15, -0.1) is 0 Å². The number of aliphatic hydroxyl groups excluding tert-OH is 1. The van der Waals surface area contributed by atoms with E-state index in [1.807, 2.05) is 55.5 Å². The number of benzene rings is 4. The standard InChI is InChI=1S/C29H27NO2/c1-22(29(32)28-15-9-8-10-24(28)21-31)20-23-16-18-27(19-17-23)30(25-11-4-2-5-12-25)26-13-6-3-7-14-26/h2-19,22,31H,20-21H2,1H3. The Labute approximate surface area is 189 Å². The summed E-state index contributed by atoms with van der Waals surface area (Å²) in [4.78, 5) is 15.2. The summed E-state index contributed by atoms with van der Waals surface area (Å²) in [6, 6.07) is 36.3. The number of rotatable bonds is 8. The third kappa shape index (κ3) is 4.79. The molecule has 32 heavy (non-hydrogen) atoms. The molecule has 0 saturated carbocycles. The average molecular weight is 422 g/mol. The van der Waals surface area contributed by atoms with Gasteiger partial charge in [0.05, 0.1) is 6.61 Å². The molecule has 0 radical (unpaired) electrons. The van der Waals surface area contributed by atoms with Crippen LogP contribution in [0.2, 0.25) is 0 Å². The number of aliphatic hydroxyl groups is 1. The maximum atomic E-state index is 13.0. The number of para-hydroxylation sites is 2. The molecule has 0 aliphatic rings. The summed E-state index contributed by atoms with van der Waals surface area (Å²) in [6.07, 6.45) is 0.648. The van der Waals surface area contributed by atoms with Gasteiger partial charge in [-0.05, 0) is 53.9 Å². The summed E-state index contributed by atoms with van der Waals surface area (Å²) >= 11 is 0. The molecule has 0 saturated heterocycles. The van der Waals surface area contributed by atoms with E-state index in [0.29, 0.717) is 17.5 Å². The predicted octanol–water partition coefficient (Wildman–Crippen LogP) is 6.71. The molecule has 4 aromatic rings. The zero-order chi connectivity index (χ0) is 22.3. The molecule has 160 valence electrons. The first-order valence-electron chi connectivity index (χ1n) is 10.9. The number of carbonyl (C=O) groups is 1. The van der Waals surface area contributed by atoms with Crippen molar-refractivity contribution in [2.45, 2.75) is 20.0 Å². The predicted molar refractivity (Wildman–Crippen MR) is 131 cm³/mol. The maximum Gasteiger partial charge on any atom is 0.166 e. The first kappa shape index (κ1) is 21.5. The lowest BCUT2D eigenvalue weighted by Gasteiger charge is -2.25. The normalized spacial score (nSPS) is 11.7. The highest BCUT2D eigenvalue weighted by Gasteiger charge is 2.19. The van der Waals surface area contributed by atoms with E-state index in [4.69, 9.17) is 0 Å². The van der Waals surface area contributed by atoms with E-state index in [0.717, 1.165) is 22.6 Å². The largest absolute Gasteiger partial charge is 0.392 e. The number of nitrogens with zero attached hydrogens (tertiary/aromatic N) is 1. The summed E-state index contributed by atoms with van der Waals surface area (Å²) in [5.74, 6) is -0.109. The van der Waals surface area contributed by atoms with Crippen LogP contribution in [0.4, 0.5) is 17.1 Å². The molecular formula is C29H27NO2. The van der Waals surface area contributed by atoms with Crippen molar-refractivity contribution in [1.29, 1.82) is 0 Å². The van der Waals surface area contributed by atoms with Crippen molar-refractivity contribution in [3.8, 4) is 0 Å². The smallest absolute Gasteiger partial charge is 0.166 e. The Kier molecular flexibility index (Phi) is 6.78. The molecule has 4 aromatic carbocycles. The van der Waals surface area contributed by atoms with Gasteiger partial charge in [0, 0.05) is 28.5 Å². The van der Waals surface area contributed by atoms with Crippen molar-refractivity contribution in [2.24, 2.45) is 5.92 Å². The van der Waals surface area contributed by atoms with E-state index < -0.39 is 0 Å². The number of ketones is 1. The van der Waals surface area contributed by atoms with Gasteiger partial charge in [-0.25, -0.2) is 0 Å². The van der Waals surface area contributed by atoms with Crippen LogP contribution < -0.4 is 4.90 Å². The molecule has 0 fully saturated rings. The van der Waals surface area contributed by atoms with Gasteiger partial charge in [0.25, 0.3) is 0 Å². The highest BCUT2D eigenvalue weighted by atomic mass is 16.3. The van der Waals surface area contributed by atoms with Crippen LogP contribution >= 0.6 is 0 Å². The minimum atomic E-state index is -0.173. The Hall–Kier alpha value is -3.69. The van der Waals surface area contributed by atoms with E-state index in [1.54, 1.807) is 12.1 Å². The number of Topliss-reactive ketones (excluding diaryl/α,β-unsaturated/α-hetero) is 1. The molecule has 0 spiro atoms. The summed E-state index contributed by atoms with van der Waals surface area (Å²) in [5, 5.41) is 9.55. The fraction of sp³-hybridized carbons (Fsp3) is 0.138. The van der Waals surface area contributed by atoms with Gasteiger partial charge in [0.1, 0.15) is 0 Å². The van der Waals surface area contributed by atoms with E-state index in [-0.39, 0.29) is 18.3 Å². The SMILES string of the molecule is CC(Cc1ccc(N(c2ccccc2)c2ccccc2)cc1)C(=O)c1ccccc1CO. The summed E-state index contributed by atoms with van der Waals surface area (Å²) in [7, 11) is 0. The van der Waals surface area contributed by atoms with E-state index >= 15 is 0 Å². The first-order chi connectivity index (χ1) is 15.7. The summed E-state index contributed by atoms with van der Waals surface area (Å²) < 4.78 is 0. The van der Waals surface area contributed by atoms with Gasteiger partial charge in [0.15, 0.2) is 5.78 Å². The molecule has 0 bridgehead atoms. The molecule has 3 nitrogen and oxygen atoms in total. The van der Waals surface area contributed by atoms with Gasteiger partial charge < -0.3 is 10.0 Å². The van der Waals surface area contributed by atoms with Gasteiger partial charge in [-0.2, -0.15) is 0 Å². The third-order valence-corrected chi connectivity index (χ3v) is 5.67. The second-order valence-corrected chi connectivity index (χ2v) is 7.96. The number of hydrogen-bond donors (Lipinski definition) is 1. The molecule has 0 aliphatic carbocycles. The lowest BCUT2D eigenvalue weighted by Crippen LogP contribution is -2.16. The van der Waals surface area contributed by atoms with Crippen LogP contribution in [0, 0.1) is 5.92 Å². The van der Waals surface area contributed by atoms with Crippen molar-refractivity contribution in [1.82, 2.24) is 0 Å². The molecule has 1 atom stereocenters. The maximum absolute atomic E-state index is 13.0. The molecule has 0 aliphatic heterocycles. The van der Waals surface area contributed by atoms with Crippen LogP contribution in [-0.2, 0) is 13.0 Å². The quantitative estimate of drug-likeness (QED) is 0.321.